The third kappa shape index (κ3) is 11.5. The normalized spacial score (nSPS) is 12.7. The van der Waals surface area contributed by atoms with E-state index in [-0.39, 0.29) is 37.1 Å². The van der Waals surface area contributed by atoms with Crippen molar-refractivity contribution in [2.75, 3.05) is 13.2 Å². The molecule has 9 nitrogen and oxygen atoms in total. The van der Waals surface area contributed by atoms with Gasteiger partial charge >= 0.3 is 0 Å². The first-order valence-electron chi connectivity index (χ1n) is 15.5. The second-order valence-corrected chi connectivity index (χ2v) is 11.4. The van der Waals surface area contributed by atoms with E-state index in [1.807, 2.05) is 60.7 Å². The van der Waals surface area contributed by atoms with Crippen LogP contribution in [0.15, 0.2) is 109 Å². The third-order valence-electron chi connectivity index (χ3n) is 7.59. The summed E-state index contributed by atoms with van der Waals surface area (Å²) in [5, 5.41) is 17.4. The largest absolute Gasteiger partial charge is 0.484 e. The van der Waals surface area contributed by atoms with Crippen LogP contribution in [-0.4, -0.2) is 59.9 Å². The Morgan fingerprint density at radius 2 is 1.02 bits per heavy atom. The van der Waals surface area contributed by atoms with Gasteiger partial charge in [-0.3, -0.25) is 19.2 Å². The summed E-state index contributed by atoms with van der Waals surface area (Å²) in [5.41, 5.74) is 2.98. The molecule has 3 atom stereocenters. The van der Waals surface area contributed by atoms with Gasteiger partial charge in [-0.25, -0.2) is 0 Å². The Bertz CT molecular complexity index is 1610. The van der Waals surface area contributed by atoms with Gasteiger partial charge in [-0.1, -0.05) is 60.7 Å². The minimum atomic E-state index is -1.02. The van der Waals surface area contributed by atoms with Crippen LogP contribution in [0.3, 0.4) is 0 Å². The summed E-state index contributed by atoms with van der Waals surface area (Å²) in [6.45, 7) is 2.41. The van der Waals surface area contributed by atoms with Gasteiger partial charge in [0.25, 0.3) is 11.8 Å². The average molecular weight is 637 g/mol. The molecular weight excluding hydrogens is 596 g/mol. The number of Topliss-reactive ketones (excluding diaryl/α,β-unsaturated/α-hetero) is 2. The molecule has 3 N–H and O–H groups in total. The molecule has 4 aromatic rings. The number of aliphatic hydroxyl groups is 1. The van der Waals surface area contributed by atoms with Gasteiger partial charge in [-0.05, 0) is 92.8 Å². The van der Waals surface area contributed by atoms with Crippen LogP contribution >= 0.6 is 0 Å². The number of rotatable bonds is 17. The van der Waals surface area contributed by atoms with E-state index >= 15 is 0 Å². The Kier molecular flexibility index (Phi) is 12.8. The topological polar surface area (TPSA) is 131 Å². The number of amides is 2. The Labute approximate surface area is 274 Å². The summed E-state index contributed by atoms with van der Waals surface area (Å²) in [7, 11) is 0. The number of carbonyl (C=O) groups excluding carboxylic acids is 4. The number of nitrogens with one attached hydrogen (secondary N) is 2. The Morgan fingerprint density at radius 3 is 1.47 bits per heavy atom. The van der Waals surface area contributed by atoms with Crippen LogP contribution in [0.5, 0.6) is 11.5 Å². The van der Waals surface area contributed by atoms with Gasteiger partial charge in [0.05, 0.1) is 12.1 Å². The molecule has 0 aromatic heterocycles. The predicted molar refractivity (Wildman–Crippen MR) is 179 cm³/mol. The summed E-state index contributed by atoms with van der Waals surface area (Å²) in [5.74, 6) is -0.0384. The van der Waals surface area contributed by atoms with E-state index in [2.05, 4.69) is 10.6 Å². The van der Waals surface area contributed by atoms with Crippen LogP contribution in [0.1, 0.15) is 52.1 Å². The van der Waals surface area contributed by atoms with Crippen LogP contribution in [-0.2, 0) is 22.4 Å². The maximum Gasteiger partial charge on any atom is 0.258 e. The van der Waals surface area contributed by atoms with Crippen LogP contribution < -0.4 is 20.1 Å². The number of hydrogen-bond acceptors (Lipinski definition) is 7. The maximum absolute atomic E-state index is 13.0. The van der Waals surface area contributed by atoms with Crippen molar-refractivity contribution in [1.82, 2.24) is 10.6 Å². The highest BCUT2D eigenvalue weighted by atomic mass is 16.5. The summed E-state index contributed by atoms with van der Waals surface area (Å²) in [6, 6.07) is 31.0. The zero-order valence-corrected chi connectivity index (χ0v) is 26.6. The Morgan fingerprint density at radius 1 is 0.596 bits per heavy atom. The Hall–Kier alpha value is -5.28. The van der Waals surface area contributed by atoms with Crippen molar-refractivity contribution in [3.05, 3.63) is 131 Å². The summed E-state index contributed by atoms with van der Waals surface area (Å²) >= 11 is 0. The van der Waals surface area contributed by atoms with E-state index in [0.717, 1.165) is 11.1 Å². The fraction of sp³-hybridized carbons (Fsp3) is 0.263. The lowest BCUT2D eigenvalue weighted by Gasteiger charge is -2.28. The molecule has 9 heteroatoms. The highest BCUT2D eigenvalue weighted by Gasteiger charge is 2.26. The lowest BCUT2D eigenvalue weighted by molar-refractivity contribution is -0.126. The number of aliphatic hydroxyl groups excluding tert-OH is 1. The molecule has 244 valence electrons. The van der Waals surface area contributed by atoms with Gasteiger partial charge in [-0.15, -0.1) is 0 Å². The first-order valence-corrected chi connectivity index (χ1v) is 15.5. The molecule has 0 heterocycles. The summed E-state index contributed by atoms with van der Waals surface area (Å²) < 4.78 is 11.3. The fourth-order valence-corrected chi connectivity index (χ4v) is 5.09. The zero-order valence-electron chi connectivity index (χ0n) is 26.6. The number of hydrogen-bond donors (Lipinski definition) is 3. The number of carbonyl (C=O) groups is 4. The van der Waals surface area contributed by atoms with Crippen molar-refractivity contribution in [3.8, 4) is 11.5 Å². The molecule has 2 amide bonds. The third-order valence-corrected chi connectivity index (χ3v) is 7.59. The molecule has 0 aliphatic carbocycles. The van der Waals surface area contributed by atoms with Crippen molar-refractivity contribution in [3.63, 3.8) is 0 Å². The monoisotopic (exact) mass is 636 g/mol. The van der Waals surface area contributed by atoms with Gasteiger partial charge in [0.15, 0.2) is 24.8 Å². The van der Waals surface area contributed by atoms with Crippen molar-refractivity contribution in [2.24, 2.45) is 0 Å². The standard InChI is InChI=1S/C38H40N2O7/c1-26(41)30-13-17-33(18-14-30)46-24-37(44)39-32(21-28-9-5-3-6-10-28)23-36(43)35(22-29-11-7-4-8-12-29)40-38(45)25-47-34-19-15-31(16-20-34)27(2)42/h3-20,32,35-36,43H,21-25H2,1-2H3,(H,39,44)(H,40,45)/t32-,35-,36+/m0/s1. The number of ether oxygens (including phenoxy) is 2. The second-order valence-electron chi connectivity index (χ2n) is 11.4. The molecule has 4 aromatic carbocycles. The molecule has 0 fully saturated rings. The first-order chi connectivity index (χ1) is 22.7. The van der Waals surface area contributed by atoms with Gasteiger partial charge in [-0.2, -0.15) is 0 Å². The molecule has 0 unspecified atom stereocenters. The highest BCUT2D eigenvalue weighted by molar-refractivity contribution is 5.94. The van der Waals surface area contributed by atoms with E-state index < -0.39 is 24.1 Å². The molecule has 0 spiro atoms. The van der Waals surface area contributed by atoms with E-state index in [0.29, 0.717) is 35.5 Å². The van der Waals surface area contributed by atoms with Gasteiger partial charge in [0, 0.05) is 17.2 Å². The van der Waals surface area contributed by atoms with Gasteiger partial charge in [0.1, 0.15) is 11.5 Å². The minimum Gasteiger partial charge on any atom is -0.484 e. The van der Waals surface area contributed by atoms with E-state index in [1.54, 1.807) is 48.5 Å². The number of benzene rings is 4. The average Bonchev–Trinajstić information content (AvgIpc) is 3.07. The molecule has 47 heavy (non-hydrogen) atoms. The van der Waals surface area contributed by atoms with Crippen molar-refractivity contribution in [1.29, 1.82) is 0 Å². The smallest absolute Gasteiger partial charge is 0.258 e. The van der Waals surface area contributed by atoms with Gasteiger partial charge in [0.2, 0.25) is 0 Å². The molecule has 0 aliphatic rings. The molecule has 0 saturated carbocycles. The highest BCUT2D eigenvalue weighted by Crippen LogP contribution is 2.16. The maximum atomic E-state index is 13.0. The van der Waals surface area contributed by atoms with Crippen molar-refractivity contribution in [2.45, 2.75) is 51.3 Å². The lowest BCUT2D eigenvalue weighted by atomic mass is 9.93. The molecule has 0 saturated heterocycles. The molecule has 0 radical (unpaired) electrons. The first kappa shape index (κ1) is 34.6. The number of ketones is 2. The van der Waals surface area contributed by atoms with Gasteiger partial charge < -0.3 is 25.2 Å². The minimum absolute atomic E-state index is 0.0636. The summed E-state index contributed by atoms with van der Waals surface area (Å²) in [4.78, 5) is 49.1. The van der Waals surface area contributed by atoms with Crippen molar-refractivity contribution < 1.29 is 33.8 Å². The van der Waals surface area contributed by atoms with Crippen LogP contribution in [0.4, 0.5) is 0 Å². The second kappa shape index (κ2) is 17.4. The quantitative estimate of drug-likeness (QED) is 0.143. The molecular formula is C38H40N2O7. The van der Waals surface area contributed by atoms with Crippen LogP contribution in [0.2, 0.25) is 0 Å². The lowest BCUT2D eigenvalue weighted by Crippen LogP contribution is -2.50. The zero-order chi connectivity index (χ0) is 33.6. The SMILES string of the molecule is CC(=O)c1ccc(OCC(=O)N[C@@H](Cc2ccccc2)C[C@@H](O)[C@H](Cc2ccccc2)NC(=O)COc2ccc(C(C)=O)cc2)cc1. The van der Waals surface area contributed by atoms with Crippen LogP contribution in [0, 0.1) is 0 Å². The summed E-state index contributed by atoms with van der Waals surface area (Å²) in [6.07, 6.45) is -0.0727. The Balaban J connectivity index is 1.42. The molecule has 0 bridgehead atoms. The van der Waals surface area contributed by atoms with Crippen molar-refractivity contribution >= 4 is 23.4 Å². The van der Waals surface area contributed by atoms with E-state index in [9.17, 15) is 24.3 Å². The van der Waals surface area contributed by atoms with E-state index in [1.165, 1.54) is 13.8 Å². The molecule has 4 rings (SSSR count). The predicted octanol–water partition coefficient (Wildman–Crippen LogP) is 4.76. The van der Waals surface area contributed by atoms with E-state index in [4.69, 9.17) is 9.47 Å². The molecule has 0 aliphatic heterocycles. The van der Waals surface area contributed by atoms with Crippen LogP contribution in [0.25, 0.3) is 0 Å². The fourth-order valence-electron chi connectivity index (χ4n) is 5.09.